The van der Waals surface area contributed by atoms with Crippen LogP contribution in [0.4, 0.5) is 10.1 Å². The predicted octanol–water partition coefficient (Wildman–Crippen LogP) is 5.37. The van der Waals surface area contributed by atoms with Crippen LogP contribution in [0, 0.1) is 12.7 Å². The van der Waals surface area contributed by atoms with E-state index in [1.54, 1.807) is 42.9 Å². The van der Waals surface area contributed by atoms with Crippen LogP contribution in [0.25, 0.3) is 21.9 Å². The zero-order chi connectivity index (χ0) is 22.8. The Morgan fingerprint density at radius 3 is 2.53 bits per heavy atom. The molecule has 1 N–H and O–H groups in total. The molecule has 0 unspecified atom stereocenters. The minimum atomic E-state index is -0.311. The topological polar surface area (TPSA) is 51.1 Å². The Balaban J connectivity index is 1.93. The molecule has 0 atom stereocenters. The minimum Gasteiger partial charge on any atom is -0.323 e. The Bertz CT molecular complexity index is 1420. The van der Waals surface area contributed by atoms with Gasteiger partial charge in [0.1, 0.15) is 5.82 Å². The van der Waals surface area contributed by atoms with E-state index in [1.165, 1.54) is 6.08 Å². The Morgan fingerprint density at radius 1 is 1.06 bits per heavy atom. The van der Waals surface area contributed by atoms with Crippen molar-refractivity contribution in [2.75, 3.05) is 5.32 Å². The molecule has 3 aromatic carbocycles. The fraction of sp³-hybridized carbons (Fsp3) is 0.111. The van der Waals surface area contributed by atoms with Crippen molar-refractivity contribution >= 4 is 22.4 Å². The van der Waals surface area contributed by atoms with Crippen molar-refractivity contribution in [3.8, 4) is 11.1 Å². The molecule has 1 heterocycles. The summed E-state index contributed by atoms with van der Waals surface area (Å²) >= 11 is 0. The van der Waals surface area contributed by atoms with Gasteiger partial charge in [0.2, 0.25) is 5.91 Å². The molecule has 5 heteroatoms. The molecular weight excluding hydrogens is 403 g/mol. The lowest BCUT2D eigenvalue weighted by Crippen LogP contribution is -2.16. The van der Waals surface area contributed by atoms with Gasteiger partial charge in [0.15, 0.2) is 0 Å². The number of anilines is 1. The van der Waals surface area contributed by atoms with Gasteiger partial charge >= 0.3 is 0 Å². The summed E-state index contributed by atoms with van der Waals surface area (Å²) in [6, 6.07) is 18.3. The molecule has 0 saturated heterocycles. The molecule has 4 nitrogen and oxygen atoms in total. The molecule has 0 aliphatic heterocycles. The van der Waals surface area contributed by atoms with E-state index < -0.39 is 0 Å². The van der Waals surface area contributed by atoms with Crippen molar-refractivity contribution < 1.29 is 9.18 Å². The Hall–Kier alpha value is -3.99. The number of rotatable bonds is 5. The van der Waals surface area contributed by atoms with E-state index >= 15 is 0 Å². The van der Waals surface area contributed by atoms with Crippen molar-refractivity contribution in [1.29, 1.82) is 0 Å². The molecule has 4 rings (SSSR count). The molecular formula is C27H23FN2O2. The predicted molar refractivity (Wildman–Crippen MR) is 127 cm³/mol. The van der Waals surface area contributed by atoms with Crippen LogP contribution in [0.3, 0.4) is 0 Å². The summed E-state index contributed by atoms with van der Waals surface area (Å²) in [5.41, 5.74) is 4.64. The van der Waals surface area contributed by atoms with E-state index in [0.29, 0.717) is 23.1 Å². The summed E-state index contributed by atoms with van der Waals surface area (Å²) in [5.74, 6) is -0.555. The SMILES string of the molecule is C=CC(=O)Nc1ccc(Cc2ccc(C)c(F)c2)c(-c2cn(C)c(=O)c3ccccc23)c1. The van der Waals surface area contributed by atoms with Gasteiger partial charge in [-0.3, -0.25) is 9.59 Å². The fourth-order valence-corrected chi connectivity index (χ4v) is 3.85. The molecule has 1 amide bonds. The number of pyridine rings is 1. The number of fused-ring (bicyclic) bond motifs is 1. The molecule has 0 bridgehead atoms. The minimum absolute atomic E-state index is 0.0809. The normalized spacial score (nSPS) is 10.8. The number of nitrogens with zero attached hydrogens (tertiary/aromatic N) is 1. The van der Waals surface area contributed by atoms with E-state index in [9.17, 15) is 14.0 Å². The molecule has 160 valence electrons. The number of aromatic nitrogens is 1. The van der Waals surface area contributed by atoms with Crippen molar-refractivity contribution in [3.05, 3.63) is 112 Å². The first kappa shape index (κ1) is 21.2. The van der Waals surface area contributed by atoms with Crippen LogP contribution in [0.5, 0.6) is 0 Å². The molecule has 0 spiro atoms. The van der Waals surface area contributed by atoms with Crippen molar-refractivity contribution in [2.24, 2.45) is 7.05 Å². The highest BCUT2D eigenvalue weighted by Gasteiger charge is 2.14. The average Bonchev–Trinajstić information content (AvgIpc) is 2.79. The van der Waals surface area contributed by atoms with Gasteiger partial charge in [-0.1, -0.05) is 43.0 Å². The van der Waals surface area contributed by atoms with Crippen LogP contribution >= 0.6 is 0 Å². The van der Waals surface area contributed by atoms with Crippen LogP contribution in [0.15, 0.2) is 84.3 Å². The summed E-state index contributed by atoms with van der Waals surface area (Å²) < 4.78 is 15.7. The Labute approximate surface area is 185 Å². The molecule has 4 aromatic rings. The molecule has 0 aliphatic rings. The number of nitrogens with one attached hydrogen (secondary N) is 1. The third-order valence-electron chi connectivity index (χ3n) is 5.57. The van der Waals surface area contributed by atoms with Crippen LogP contribution in [0.2, 0.25) is 0 Å². The number of amides is 1. The lowest BCUT2D eigenvalue weighted by Gasteiger charge is -2.16. The summed E-state index contributed by atoms with van der Waals surface area (Å²) in [6.45, 7) is 5.24. The Morgan fingerprint density at radius 2 is 1.81 bits per heavy atom. The molecule has 1 aromatic heterocycles. The van der Waals surface area contributed by atoms with Crippen LogP contribution in [0.1, 0.15) is 16.7 Å². The third-order valence-corrected chi connectivity index (χ3v) is 5.57. The van der Waals surface area contributed by atoms with Gasteiger partial charge in [0.25, 0.3) is 5.56 Å². The number of halogens is 1. The number of aryl methyl sites for hydroxylation is 2. The molecule has 0 saturated carbocycles. The monoisotopic (exact) mass is 426 g/mol. The second kappa shape index (κ2) is 8.63. The first-order valence-electron chi connectivity index (χ1n) is 10.3. The van der Waals surface area contributed by atoms with Crippen LogP contribution in [-0.4, -0.2) is 10.5 Å². The van der Waals surface area contributed by atoms with E-state index in [0.717, 1.165) is 27.6 Å². The first-order valence-corrected chi connectivity index (χ1v) is 10.3. The van der Waals surface area contributed by atoms with Gasteiger partial charge in [-0.25, -0.2) is 4.39 Å². The van der Waals surface area contributed by atoms with E-state index in [2.05, 4.69) is 11.9 Å². The number of benzene rings is 3. The Kier molecular flexibility index (Phi) is 5.73. The van der Waals surface area contributed by atoms with Crippen molar-refractivity contribution in [1.82, 2.24) is 4.57 Å². The number of carbonyl (C=O) groups excluding carboxylic acids is 1. The summed E-state index contributed by atoms with van der Waals surface area (Å²) in [5, 5.41) is 4.23. The maximum atomic E-state index is 14.2. The van der Waals surface area contributed by atoms with Gasteiger partial charge in [-0.05, 0) is 71.3 Å². The first-order chi connectivity index (χ1) is 15.4. The second-order valence-corrected chi connectivity index (χ2v) is 7.83. The number of hydrogen-bond donors (Lipinski definition) is 1. The molecule has 0 fully saturated rings. The zero-order valence-electron chi connectivity index (χ0n) is 18.0. The van der Waals surface area contributed by atoms with Crippen LogP contribution < -0.4 is 10.9 Å². The lowest BCUT2D eigenvalue weighted by atomic mass is 9.92. The number of carbonyl (C=O) groups is 1. The van der Waals surface area contributed by atoms with Gasteiger partial charge in [-0.15, -0.1) is 0 Å². The lowest BCUT2D eigenvalue weighted by molar-refractivity contribution is -0.111. The summed E-state index contributed by atoms with van der Waals surface area (Å²) in [6.07, 6.45) is 3.52. The van der Waals surface area contributed by atoms with Gasteiger partial charge in [0, 0.05) is 29.9 Å². The van der Waals surface area contributed by atoms with E-state index in [-0.39, 0.29) is 17.3 Å². The van der Waals surface area contributed by atoms with Crippen LogP contribution in [-0.2, 0) is 18.3 Å². The maximum absolute atomic E-state index is 14.2. The second-order valence-electron chi connectivity index (χ2n) is 7.83. The fourth-order valence-electron chi connectivity index (χ4n) is 3.85. The smallest absolute Gasteiger partial charge is 0.258 e. The molecule has 0 aliphatic carbocycles. The average molecular weight is 426 g/mol. The summed E-state index contributed by atoms with van der Waals surface area (Å²) in [4.78, 5) is 24.5. The summed E-state index contributed by atoms with van der Waals surface area (Å²) in [7, 11) is 1.72. The van der Waals surface area contributed by atoms with Gasteiger partial charge in [0.05, 0.1) is 0 Å². The molecule has 0 radical (unpaired) electrons. The maximum Gasteiger partial charge on any atom is 0.258 e. The molecule has 32 heavy (non-hydrogen) atoms. The highest BCUT2D eigenvalue weighted by Crippen LogP contribution is 2.33. The standard InChI is InChI=1S/C27H23FN2O2/c1-4-26(31)29-20-12-11-19(13-18-10-9-17(2)25(28)14-18)23(15-20)24-16-30(3)27(32)22-8-6-5-7-21(22)24/h4-12,14-16H,1,13H2,2-3H3,(H,29,31). The van der Waals surface area contributed by atoms with E-state index in [4.69, 9.17) is 0 Å². The zero-order valence-corrected chi connectivity index (χ0v) is 18.0. The highest BCUT2D eigenvalue weighted by atomic mass is 19.1. The highest BCUT2D eigenvalue weighted by molar-refractivity contribution is 6.01. The van der Waals surface area contributed by atoms with Gasteiger partial charge in [-0.2, -0.15) is 0 Å². The quantitative estimate of drug-likeness (QED) is 0.436. The van der Waals surface area contributed by atoms with Crippen molar-refractivity contribution in [3.63, 3.8) is 0 Å². The number of hydrogen-bond acceptors (Lipinski definition) is 2. The largest absolute Gasteiger partial charge is 0.323 e. The van der Waals surface area contributed by atoms with Gasteiger partial charge < -0.3 is 9.88 Å². The van der Waals surface area contributed by atoms with Crippen molar-refractivity contribution in [2.45, 2.75) is 13.3 Å². The third kappa shape index (κ3) is 4.10. The van der Waals surface area contributed by atoms with E-state index in [1.807, 2.05) is 42.5 Å².